The van der Waals surface area contributed by atoms with Crippen LogP contribution < -0.4 is 0 Å². The number of hydrogen-bond donors (Lipinski definition) is 0. The summed E-state index contributed by atoms with van der Waals surface area (Å²) >= 11 is 2.12. The maximum absolute atomic E-state index is 3.77. The molecule has 0 amide bonds. The Kier molecular flexibility index (Phi) is 15.6. The Bertz CT molecular complexity index is 151. The van der Waals surface area contributed by atoms with Crippen LogP contribution in [0.5, 0.6) is 0 Å². The molecule has 1 aliphatic rings. The van der Waals surface area contributed by atoms with Crippen LogP contribution >= 0.6 is 0 Å². The van der Waals surface area contributed by atoms with E-state index in [1.54, 1.807) is 0 Å². The van der Waals surface area contributed by atoms with Gasteiger partial charge in [0.05, 0.1) is 0 Å². The molecule has 0 nitrogen and oxygen atoms in total. The molecule has 0 radical (unpaired) electrons. The van der Waals surface area contributed by atoms with Gasteiger partial charge in [0.15, 0.2) is 0 Å². The van der Waals surface area contributed by atoms with Gasteiger partial charge in [-0.15, -0.1) is 0 Å². The summed E-state index contributed by atoms with van der Waals surface area (Å²) in [7, 11) is 0. The van der Waals surface area contributed by atoms with Gasteiger partial charge in [-0.25, -0.2) is 0 Å². The normalized spacial score (nSPS) is 15.7. The first-order valence-corrected chi connectivity index (χ1v) is 7.65. The summed E-state index contributed by atoms with van der Waals surface area (Å²) in [5, 5.41) is 0. The van der Waals surface area contributed by atoms with Crippen LogP contribution in [-0.4, -0.2) is 4.31 Å². The Balaban J connectivity index is 0.000000281. The third-order valence-corrected chi connectivity index (χ3v) is 3.11. The maximum atomic E-state index is 3.77. The predicted molar refractivity (Wildman–Crippen MR) is 70.0 cm³/mol. The van der Waals surface area contributed by atoms with E-state index in [4.69, 9.17) is 0 Å². The van der Waals surface area contributed by atoms with Gasteiger partial charge in [0.1, 0.15) is 0 Å². The molecule has 1 aliphatic carbocycles. The fraction of sp³-hybridized carbons (Fsp3) is 0.733. The molecule has 1 heteroatoms. The Morgan fingerprint density at radius 1 is 1.12 bits per heavy atom. The molecule has 0 atom stereocenters. The summed E-state index contributed by atoms with van der Waals surface area (Å²) in [5.41, 5.74) is 0. The van der Waals surface area contributed by atoms with Gasteiger partial charge in [-0.2, -0.15) is 6.42 Å². The van der Waals surface area contributed by atoms with Gasteiger partial charge in [-0.05, 0) is 0 Å². The summed E-state index contributed by atoms with van der Waals surface area (Å²) in [6.07, 6.45) is 19.9. The van der Waals surface area contributed by atoms with Crippen molar-refractivity contribution in [3.05, 3.63) is 19.1 Å². The van der Waals surface area contributed by atoms with Gasteiger partial charge in [0.2, 0.25) is 0 Å². The Morgan fingerprint density at radius 3 is 2.69 bits per heavy atom. The fourth-order valence-electron chi connectivity index (χ4n) is 1.63. The van der Waals surface area contributed by atoms with E-state index < -0.39 is 0 Å². The van der Waals surface area contributed by atoms with Crippen LogP contribution in [0.15, 0.2) is 6.08 Å². The number of hydrogen-bond acceptors (Lipinski definition) is 0. The topological polar surface area (TPSA) is 0 Å². The zero-order valence-electron chi connectivity index (χ0n) is 10.6. The second kappa shape index (κ2) is 15.3. The molecule has 0 saturated carbocycles. The average molecular weight is 254 g/mol. The molecule has 0 aromatic carbocycles. The summed E-state index contributed by atoms with van der Waals surface area (Å²) in [4.78, 5) is 0. The SMILES string of the molecule is [C-]1=CCCCCCC1.[CH2-]CCCCC[CH]=[Ti+2]. The molecule has 1 rings (SSSR count). The van der Waals surface area contributed by atoms with Crippen LogP contribution in [0.4, 0.5) is 0 Å². The molecular weight excluding hydrogens is 228 g/mol. The van der Waals surface area contributed by atoms with E-state index in [1.807, 2.05) is 0 Å². The third-order valence-electron chi connectivity index (χ3n) is 2.66. The van der Waals surface area contributed by atoms with Gasteiger partial charge >= 0.3 is 63.3 Å². The molecule has 0 N–H and O–H groups in total. The second-order valence-corrected chi connectivity index (χ2v) is 4.91. The Labute approximate surface area is 114 Å². The first kappa shape index (κ1) is 16.3. The van der Waals surface area contributed by atoms with Gasteiger partial charge in [-0.3, -0.25) is 6.08 Å². The van der Waals surface area contributed by atoms with Crippen LogP contribution in [-0.2, 0) is 20.0 Å². The minimum atomic E-state index is 1.10. The zero-order valence-corrected chi connectivity index (χ0v) is 12.2. The zero-order chi connectivity index (χ0) is 11.9. The summed E-state index contributed by atoms with van der Waals surface area (Å²) in [5.74, 6) is 0. The van der Waals surface area contributed by atoms with Crippen molar-refractivity contribution < 1.29 is 20.0 Å². The van der Waals surface area contributed by atoms with E-state index in [0.29, 0.717) is 0 Å². The van der Waals surface area contributed by atoms with Crippen LogP contribution in [0.2, 0.25) is 0 Å². The standard InChI is InChI=1S/C8H13.C7H13.Ti/c1-2-4-6-8-7-5-3-1;1-3-5-7-6-4-2;/h1H,2,4-8H2;1H,2-7H2;/q2*-1;+2. The van der Waals surface area contributed by atoms with Crippen molar-refractivity contribution in [2.24, 2.45) is 0 Å². The molecule has 0 unspecified atom stereocenters. The van der Waals surface area contributed by atoms with Crippen molar-refractivity contribution in [1.29, 1.82) is 0 Å². The molecule has 16 heavy (non-hydrogen) atoms. The van der Waals surface area contributed by atoms with Crippen molar-refractivity contribution >= 4 is 4.31 Å². The average Bonchev–Trinajstić information content (AvgIpc) is 2.24. The molecule has 0 aromatic heterocycles. The van der Waals surface area contributed by atoms with Gasteiger partial charge in [0.25, 0.3) is 0 Å². The van der Waals surface area contributed by atoms with E-state index in [1.165, 1.54) is 64.2 Å². The van der Waals surface area contributed by atoms with Gasteiger partial charge < -0.3 is 6.08 Å². The quantitative estimate of drug-likeness (QED) is 0.375. The Hall–Kier alpha value is 0.324. The fourth-order valence-corrected chi connectivity index (χ4v) is 1.95. The first-order valence-electron chi connectivity index (χ1n) is 6.75. The van der Waals surface area contributed by atoms with Gasteiger partial charge in [0, 0.05) is 0 Å². The molecular formula is C15H26Ti. The summed E-state index contributed by atoms with van der Waals surface area (Å²) < 4.78 is 2.23. The van der Waals surface area contributed by atoms with Crippen LogP contribution in [0.1, 0.15) is 70.6 Å². The van der Waals surface area contributed by atoms with Crippen molar-refractivity contribution in [2.45, 2.75) is 70.6 Å². The summed E-state index contributed by atoms with van der Waals surface area (Å²) in [6.45, 7) is 3.77. The van der Waals surface area contributed by atoms with Crippen LogP contribution in [0.3, 0.4) is 0 Å². The number of unbranched alkanes of at least 4 members (excludes halogenated alkanes) is 4. The van der Waals surface area contributed by atoms with Crippen molar-refractivity contribution in [3.63, 3.8) is 0 Å². The molecule has 0 fully saturated rings. The van der Waals surface area contributed by atoms with E-state index in [0.717, 1.165) is 6.42 Å². The molecule has 0 saturated heterocycles. The first-order chi connectivity index (χ1) is 7.91. The molecule has 0 aromatic rings. The van der Waals surface area contributed by atoms with Gasteiger partial charge in [-0.1, -0.05) is 32.1 Å². The van der Waals surface area contributed by atoms with E-state index in [2.05, 4.69) is 43.4 Å². The third kappa shape index (κ3) is 14.3. The van der Waals surface area contributed by atoms with E-state index in [-0.39, 0.29) is 0 Å². The predicted octanol–water partition coefficient (Wildman–Crippen LogP) is 4.82. The molecule has 0 bridgehead atoms. The molecule has 0 aliphatic heterocycles. The second-order valence-electron chi connectivity index (χ2n) is 4.27. The van der Waals surface area contributed by atoms with Crippen molar-refractivity contribution in [3.8, 4) is 0 Å². The van der Waals surface area contributed by atoms with Crippen molar-refractivity contribution in [1.82, 2.24) is 0 Å². The van der Waals surface area contributed by atoms with Crippen LogP contribution in [0, 0.1) is 13.0 Å². The summed E-state index contributed by atoms with van der Waals surface area (Å²) in [6, 6.07) is 0. The Morgan fingerprint density at radius 2 is 1.94 bits per heavy atom. The van der Waals surface area contributed by atoms with E-state index in [9.17, 15) is 0 Å². The molecule has 0 spiro atoms. The number of rotatable bonds is 5. The van der Waals surface area contributed by atoms with Crippen molar-refractivity contribution in [2.75, 3.05) is 0 Å². The number of allylic oxidation sites excluding steroid dienone is 2. The molecule has 0 heterocycles. The molecule has 90 valence electrons. The van der Waals surface area contributed by atoms with E-state index >= 15 is 0 Å². The van der Waals surface area contributed by atoms with Crippen LogP contribution in [0.25, 0.3) is 0 Å². The minimum absolute atomic E-state index is 1.10. The monoisotopic (exact) mass is 254 g/mol.